The van der Waals surface area contributed by atoms with E-state index >= 15 is 0 Å². The SMILES string of the molecule is CC(=O)C[C@@H]1N=C(c2ccc(F)cc2)c2c(Cl)cccc2-c2c(C)noc21. The highest BCUT2D eigenvalue weighted by Gasteiger charge is 2.32. The van der Waals surface area contributed by atoms with Crippen molar-refractivity contribution in [1.29, 1.82) is 0 Å². The number of nitrogens with zero attached hydrogens (tertiary/aromatic N) is 2. The number of Topliss-reactive ketones (excluding diaryl/α,β-unsaturated/α-hetero) is 1. The van der Waals surface area contributed by atoms with Gasteiger partial charge in [-0.1, -0.05) is 28.9 Å². The number of halogens is 2. The summed E-state index contributed by atoms with van der Waals surface area (Å²) in [6, 6.07) is 11.1. The summed E-state index contributed by atoms with van der Waals surface area (Å²) in [6.45, 7) is 3.36. The first-order valence-corrected chi connectivity index (χ1v) is 8.92. The van der Waals surface area contributed by atoms with Crippen molar-refractivity contribution in [3.05, 3.63) is 75.9 Å². The van der Waals surface area contributed by atoms with Crippen LogP contribution in [-0.2, 0) is 4.79 Å². The number of carbonyl (C=O) groups is 1. The van der Waals surface area contributed by atoms with Crippen LogP contribution < -0.4 is 0 Å². The average molecular weight is 383 g/mol. The predicted octanol–water partition coefficient (Wildman–Crippen LogP) is 5.31. The molecular formula is C21H16ClFN2O2. The first kappa shape index (κ1) is 17.6. The van der Waals surface area contributed by atoms with Gasteiger partial charge in [0.05, 0.1) is 22.0 Å². The van der Waals surface area contributed by atoms with Gasteiger partial charge in [-0.2, -0.15) is 0 Å². The van der Waals surface area contributed by atoms with Crippen LogP contribution in [0.3, 0.4) is 0 Å². The lowest BCUT2D eigenvalue weighted by molar-refractivity contribution is -0.117. The number of hydrogen-bond donors (Lipinski definition) is 0. The van der Waals surface area contributed by atoms with Crippen LogP contribution >= 0.6 is 11.6 Å². The highest BCUT2D eigenvalue weighted by Crippen LogP contribution is 2.42. The molecule has 0 saturated heterocycles. The van der Waals surface area contributed by atoms with Crippen LogP contribution in [0, 0.1) is 12.7 Å². The zero-order valence-electron chi connectivity index (χ0n) is 14.8. The zero-order chi connectivity index (χ0) is 19.1. The van der Waals surface area contributed by atoms with E-state index in [9.17, 15) is 9.18 Å². The van der Waals surface area contributed by atoms with Gasteiger partial charge in [-0.15, -0.1) is 0 Å². The third kappa shape index (κ3) is 3.08. The van der Waals surface area contributed by atoms with Gasteiger partial charge in [-0.3, -0.25) is 9.79 Å². The van der Waals surface area contributed by atoms with Crippen LogP contribution in [-0.4, -0.2) is 16.7 Å². The number of rotatable bonds is 3. The molecule has 2 aromatic carbocycles. The second-order valence-electron chi connectivity index (χ2n) is 6.58. The topological polar surface area (TPSA) is 55.5 Å². The summed E-state index contributed by atoms with van der Waals surface area (Å²) in [5.41, 5.74) is 4.40. The van der Waals surface area contributed by atoms with E-state index in [1.54, 1.807) is 18.2 Å². The van der Waals surface area contributed by atoms with Crippen LogP contribution in [0.25, 0.3) is 11.1 Å². The number of hydrogen-bond acceptors (Lipinski definition) is 4. The molecule has 1 aliphatic heterocycles. The van der Waals surface area contributed by atoms with Crippen LogP contribution in [0.4, 0.5) is 4.39 Å². The van der Waals surface area contributed by atoms with Gasteiger partial charge in [0.15, 0.2) is 5.76 Å². The number of aliphatic imine (C=N–C) groups is 1. The minimum atomic E-state index is -0.526. The van der Waals surface area contributed by atoms with Crippen molar-refractivity contribution in [1.82, 2.24) is 5.16 Å². The van der Waals surface area contributed by atoms with Crippen molar-refractivity contribution in [2.24, 2.45) is 4.99 Å². The molecule has 136 valence electrons. The Hall–Kier alpha value is -2.79. The Morgan fingerprint density at radius 3 is 2.63 bits per heavy atom. The Balaban J connectivity index is 2.04. The Labute approximate surface area is 160 Å². The fraction of sp³-hybridized carbons (Fsp3) is 0.190. The van der Waals surface area contributed by atoms with Gasteiger partial charge < -0.3 is 4.52 Å². The maximum Gasteiger partial charge on any atom is 0.169 e. The second kappa shape index (κ2) is 6.74. The fourth-order valence-corrected chi connectivity index (χ4v) is 3.70. The Kier molecular flexibility index (Phi) is 4.40. The highest BCUT2D eigenvalue weighted by molar-refractivity contribution is 6.36. The van der Waals surface area contributed by atoms with Crippen LogP contribution in [0.15, 0.2) is 52.0 Å². The molecule has 0 fully saturated rings. The Morgan fingerprint density at radius 2 is 1.93 bits per heavy atom. The van der Waals surface area contributed by atoms with Gasteiger partial charge in [0.1, 0.15) is 17.6 Å². The average Bonchev–Trinajstić information content (AvgIpc) is 2.94. The molecule has 0 aliphatic carbocycles. The lowest BCUT2D eigenvalue weighted by Gasteiger charge is -2.13. The summed E-state index contributed by atoms with van der Waals surface area (Å²) in [4.78, 5) is 16.7. The van der Waals surface area contributed by atoms with Crippen molar-refractivity contribution >= 4 is 23.1 Å². The van der Waals surface area contributed by atoms with Gasteiger partial charge in [-0.05, 0) is 49.7 Å². The molecule has 0 saturated carbocycles. The first-order chi connectivity index (χ1) is 13.0. The predicted molar refractivity (Wildman–Crippen MR) is 102 cm³/mol. The molecule has 0 bridgehead atoms. The Bertz CT molecular complexity index is 1070. The third-order valence-electron chi connectivity index (χ3n) is 4.59. The maximum atomic E-state index is 13.4. The number of benzene rings is 2. The molecule has 1 aromatic heterocycles. The number of fused-ring (bicyclic) bond motifs is 3. The fourth-order valence-electron chi connectivity index (χ4n) is 3.43. The molecule has 4 rings (SSSR count). The molecule has 1 aliphatic rings. The van der Waals surface area contributed by atoms with E-state index in [1.165, 1.54) is 19.1 Å². The summed E-state index contributed by atoms with van der Waals surface area (Å²) < 4.78 is 19.0. The summed E-state index contributed by atoms with van der Waals surface area (Å²) in [6.07, 6.45) is 0.179. The molecule has 6 heteroatoms. The minimum absolute atomic E-state index is 0.0146. The molecule has 2 heterocycles. The number of aromatic nitrogens is 1. The highest BCUT2D eigenvalue weighted by atomic mass is 35.5. The van der Waals surface area contributed by atoms with Gasteiger partial charge in [-0.25, -0.2) is 4.39 Å². The summed E-state index contributed by atoms with van der Waals surface area (Å²) in [7, 11) is 0. The number of aryl methyl sites for hydroxylation is 1. The van der Waals surface area contributed by atoms with Crippen LogP contribution in [0.2, 0.25) is 5.02 Å². The molecule has 0 amide bonds. The van der Waals surface area contributed by atoms with E-state index in [1.807, 2.05) is 19.1 Å². The quantitative estimate of drug-likeness (QED) is 0.616. The molecule has 0 radical (unpaired) electrons. The van der Waals surface area contributed by atoms with E-state index < -0.39 is 6.04 Å². The van der Waals surface area contributed by atoms with Crippen molar-refractivity contribution in [3.63, 3.8) is 0 Å². The number of ketones is 1. The molecule has 0 N–H and O–H groups in total. The van der Waals surface area contributed by atoms with E-state index in [2.05, 4.69) is 5.16 Å². The van der Waals surface area contributed by atoms with Crippen molar-refractivity contribution in [2.45, 2.75) is 26.3 Å². The zero-order valence-corrected chi connectivity index (χ0v) is 15.5. The van der Waals surface area contributed by atoms with Crippen LogP contribution in [0.5, 0.6) is 0 Å². The molecule has 0 spiro atoms. The molecular weight excluding hydrogens is 367 g/mol. The van der Waals surface area contributed by atoms with Gasteiger partial charge in [0.2, 0.25) is 0 Å². The van der Waals surface area contributed by atoms with Gasteiger partial charge >= 0.3 is 0 Å². The lowest BCUT2D eigenvalue weighted by Crippen LogP contribution is -2.08. The van der Waals surface area contributed by atoms with Crippen LogP contribution in [0.1, 0.15) is 42.0 Å². The standard InChI is InChI=1S/C21H16ClFN2O2/c1-11(26)10-17-21-18(12(2)25-27-21)15-4-3-5-16(22)19(15)20(24-17)13-6-8-14(23)9-7-13/h3-9,17H,10H2,1-2H3/t17-/m0/s1. The van der Waals surface area contributed by atoms with E-state index in [0.717, 1.165) is 22.3 Å². The number of carbonyl (C=O) groups excluding carboxylic acids is 1. The van der Waals surface area contributed by atoms with E-state index in [0.29, 0.717) is 22.2 Å². The van der Waals surface area contributed by atoms with Crippen molar-refractivity contribution in [3.8, 4) is 11.1 Å². The minimum Gasteiger partial charge on any atom is -0.358 e. The van der Waals surface area contributed by atoms with Crippen molar-refractivity contribution in [2.75, 3.05) is 0 Å². The monoisotopic (exact) mass is 382 g/mol. The molecule has 1 atom stereocenters. The first-order valence-electron chi connectivity index (χ1n) is 8.54. The molecule has 27 heavy (non-hydrogen) atoms. The van der Waals surface area contributed by atoms with Gasteiger partial charge in [0.25, 0.3) is 0 Å². The summed E-state index contributed by atoms with van der Waals surface area (Å²) in [5, 5.41) is 4.61. The maximum absolute atomic E-state index is 13.4. The Morgan fingerprint density at radius 1 is 1.19 bits per heavy atom. The van der Waals surface area contributed by atoms with Crippen molar-refractivity contribution < 1.29 is 13.7 Å². The molecule has 4 nitrogen and oxygen atoms in total. The van der Waals surface area contributed by atoms with E-state index in [4.69, 9.17) is 21.1 Å². The van der Waals surface area contributed by atoms with E-state index in [-0.39, 0.29) is 18.0 Å². The third-order valence-corrected chi connectivity index (χ3v) is 4.91. The molecule has 3 aromatic rings. The summed E-state index contributed by atoms with van der Waals surface area (Å²) >= 11 is 6.56. The summed E-state index contributed by atoms with van der Waals surface area (Å²) in [5.74, 6) is 0.196. The van der Waals surface area contributed by atoms with Gasteiger partial charge in [0, 0.05) is 17.5 Å². The lowest BCUT2D eigenvalue weighted by atomic mass is 9.92. The molecule has 0 unspecified atom stereocenters. The smallest absolute Gasteiger partial charge is 0.169 e. The second-order valence-corrected chi connectivity index (χ2v) is 6.98. The largest absolute Gasteiger partial charge is 0.358 e. The normalized spacial score (nSPS) is 15.6.